The van der Waals surface area contributed by atoms with E-state index in [1.807, 2.05) is 0 Å². The predicted octanol–water partition coefficient (Wildman–Crippen LogP) is -5.24. The Balaban J connectivity index is 1.16. The Kier molecular flexibility index (Phi) is 45.8. The van der Waals surface area contributed by atoms with Gasteiger partial charge in [0.15, 0.2) is 0 Å². The van der Waals surface area contributed by atoms with E-state index in [0.29, 0.717) is 44.1 Å². The molecule has 18 amide bonds. The van der Waals surface area contributed by atoms with Crippen LogP contribution in [0.1, 0.15) is 122 Å². The second-order valence-electron chi connectivity index (χ2n) is 33.8. The van der Waals surface area contributed by atoms with E-state index in [9.17, 15) is 136 Å². The molecule has 17 atom stereocenters. The normalized spacial score (nSPS) is 14.7. The zero-order chi connectivity index (χ0) is 105. The minimum atomic E-state index is -2.13. The maximum atomic E-state index is 14.9. The summed E-state index contributed by atoms with van der Waals surface area (Å²) >= 11 is 8.24. The lowest BCUT2D eigenvalue weighted by molar-refractivity contribution is -0.142. The number of carbonyl (C=O) groups excluding carboxylic acids is 18. The molecule has 0 aliphatic rings. The highest BCUT2D eigenvalue weighted by Gasteiger charge is 2.40. The molecule has 51 heteroatoms. The van der Waals surface area contributed by atoms with E-state index in [1.54, 1.807) is 117 Å². The summed E-state index contributed by atoms with van der Waals surface area (Å²) in [6, 6.07) is 1.55. The number of aliphatic carboxylic acids is 5. The molecule has 6 rings (SSSR count). The van der Waals surface area contributed by atoms with Crippen LogP contribution < -0.4 is 102 Å². The van der Waals surface area contributed by atoms with Gasteiger partial charge < -0.3 is 137 Å². The quantitative estimate of drug-likeness (QED) is 0.0159. The summed E-state index contributed by atoms with van der Waals surface area (Å²) in [5.41, 5.74) is 14.1. The number of thiol groups is 2. The lowest BCUT2D eigenvalue weighted by Gasteiger charge is -2.28. The highest BCUT2D eigenvalue weighted by atomic mass is 32.1. The van der Waals surface area contributed by atoms with Crippen molar-refractivity contribution < 1.29 is 136 Å². The van der Waals surface area contributed by atoms with Gasteiger partial charge in [0, 0.05) is 84.2 Å². The number of H-pyrrole nitrogens is 2. The smallest absolute Gasteiger partial charge is 0.325 e. The molecule has 0 bridgehead atoms. The molecule has 0 radical (unpaired) electrons. The summed E-state index contributed by atoms with van der Waals surface area (Å²) in [5.74, 6) is -29.0. The number of aromatic nitrogens is 2. The molecule has 0 fully saturated rings. The summed E-state index contributed by atoms with van der Waals surface area (Å²) < 4.78 is 0. The monoisotopic (exact) mass is 2020 g/mol. The minimum Gasteiger partial charge on any atom is -0.481 e. The van der Waals surface area contributed by atoms with Gasteiger partial charge in [-0.15, -0.1) is 0 Å². The maximum Gasteiger partial charge on any atom is 0.325 e. The molecule has 0 saturated heterocycles. The number of fused-ring (bicyclic) bond motifs is 2. The van der Waals surface area contributed by atoms with Gasteiger partial charge in [-0.3, -0.25) is 110 Å². The van der Waals surface area contributed by atoms with Gasteiger partial charge in [0.1, 0.15) is 96.7 Å². The Hall–Kier alpha value is -15.6. The fourth-order valence-corrected chi connectivity index (χ4v) is 14.6. The second-order valence-corrected chi connectivity index (χ2v) is 34.5. The summed E-state index contributed by atoms with van der Waals surface area (Å²) in [5, 5.41) is 89.8. The van der Waals surface area contributed by atoms with E-state index in [0.717, 1.165) is 27.7 Å². The van der Waals surface area contributed by atoms with Crippen LogP contribution in [-0.4, -0.2) is 292 Å². The molecular formula is C91H119N21O28S2. The van der Waals surface area contributed by atoms with Crippen LogP contribution in [-0.2, 0) is 136 Å². The molecule has 4 aromatic carbocycles. The van der Waals surface area contributed by atoms with E-state index in [1.165, 1.54) is 25.3 Å². The summed E-state index contributed by atoms with van der Waals surface area (Å²) in [6.45, 7) is 8.00. The van der Waals surface area contributed by atoms with Gasteiger partial charge in [-0.25, -0.2) is 0 Å². The number of carbonyl (C=O) groups is 23. The van der Waals surface area contributed by atoms with Crippen LogP contribution in [0.3, 0.4) is 0 Å². The number of hydrogen-bond acceptors (Lipinski definition) is 26. The number of primary amides is 1. The SMILES string of the molecule is CC(C)C[C@H](NC(=O)[C@H](Cc1c[nH]c2ccccc12)NC(=O)[C@H](Cc1ccccc1)NC(=O)[C@H](CS)NC(=O)[C@H](C)N)C(=O)N[C@@H](CC(=O)O)C(=O)NCC(=O)N[C@@H](CCC(=O)O)C(=O)N[C@@H](C)C(=O)N[C@@H](Cc1ccccc1)C(=O)N[C@@H](CC(=O)O)C(=O)N[C@@H](Cc1c[nH]c2ccccc12)C(=O)N[C@@H](C)C(=O)N[C@@H](CC(N)=O)C(=O)N[C@@H](C)C(=O)N[C@@H](CCC(=O)O)C(=O)N[C@@H](CS)C(=O)N[C@@H](C)C(=O)O. The molecule has 2 heterocycles. The van der Waals surface area contributed by atoms with Crippen LogP contribution >= 0.6 is 25.3 Å². The summed E-state index contributed by atoms with van der Waals surface area (Å²) in [4.78, 5) is 317. The van der Waals surface area contributed by atoms with E-state index in [2.05, 4.69) is 126 Å². The topological polar surface area (TPSA) is 782 Å². The Bertz CT molecular complexity index is 5570. The van der Waals surface area contributed by atoms with Crippen molar-refractivity contribution in [1.82, 2.24) is 100 Å². The van der Waals surface area contributed by atoms with Crippen LogP contribution in [0.25, 0.3) is 21.8 Å². The Morgan fingerprint density at radius 2 is 0.606 bits per heavy atom. The molecule has 0 spiro atoms. The third kappa shape index (κ3) is 38.0. The van der Waals surface area contributed by atoms with E-state index < -0.39 is 315 Å². The molecule has 2 aromatic heterocycles. The van der Waals surface area contributed by atoms with Crippen LogP contribution in [0.2, 0.25) is 0 Å². The second kappa shape index (κ2) is 56.5. The zero-order valence-electron chi connectivity index (χ0n) is 78.2. The highest BCUT2D eigenvalue weighted by Crippen LogP contribution is 2.23. The molecule has 28 N–H and O–H groups in total. The van der Waals surface area contributed by atoms with E-state index in [-0.39, 0.29) is 25.0 Å². The number of hydrogen-bond donors (Lipinski definition) is 28. The summed E-state index contributed by atoms with van der Waals surface area (Å²) in [6.07, 6.45) is -4.55. The van der Waals surface area contributed by atoms with Gasteiger partial charge in [-0.2, -0.15) is 25.3 Å². The van der Waals surface area contributed by atoms with Gasteiger partial charge in [0.2, 0.25) is 106 Å². The van der Waals surface area contributed by atoms with Crippen LogP contribution in [0, 0.1) is 5.92 Å². The fourth-order valence-electron chi connectivity index (χ4n) is 14.1. The lowest BCUT2D eigenvalue weighted by atomic mass is 9.99. The molecule has 768 valence electrons. The number of amides is 18. The first-order valence-electron chi connectivity index (χ1n) is 44.7. The van der Waals surface area contributed by atoms with E-state index in [4.69, 9.17) is 11.5 Å². The number of nitrogens with two attached hydrogens (primary N) is 2. The van der Waals surface area contributed by atoms with Crippen molar-refractivity contribution >= 4 is 183 Å². The third-order valence-electron chi connectivity index (χ3n) is 21.7. The molecule has 0 aliphatic heterocycles. The number of carboxylic acid groups (broad SMARTS) is 5. The molecule has 6 aromatic rings. The Morgan fingerprint density at radius 1 is 0.310 bits per heavy atom. The first kappa shape index (κ1) is 115. The lowest BCUT2D eigenvalue weighted by Crippen LogP contribution is -2.61. The predicted molar refractivity (Wildman–Crippen MR) is 511 cm³/mol. The van der Waals surface area contributed by atoms with E-state index >= 15 is 0 Å². The number of aromatic amines is 2. The number of carboxylic acids is 5. The fraction of sp³-hybridized carbons (Fsp3) is 0.440. The highest BCUT2D eigenvalue weighted by molar-refractivity contribution is 7.80. The average Bonchev–Trinajstić information content (AvgIpc) is 1.67. The Morgan fingerprint density at radius 3 is 1.01 bits per heavy atom. The van der Waals surface area contributed by atoms with Crippen molar-refractivity contribution in [2.24, 2.45) is 17.4 Å². The van der Waals surface area contributed by atoms with Gasteiger partial charge in [0.25, 0.3) is 0 Å². The van der Waals surface area contributed by atoms with Crippen molar-refractivity contribution in [1.29, 1.82) is 0 Å². The van der Waals surface area contributed by atoms with Crippen LogP contribution in [0.4, 0.5) is 0 Å². The molecule has 142 heavy (non-hydrogen) atoms. The average molecular weight is 2020 g/mol. The molecule has 0 aliphatic carbocycles. The number of benzene rings is 4. The van der Waals surface area contributed by atoms with Gasteiger partial charge in [-0.05, 0) is 94.2 Å². The van der Waals surface area contributed by atoms with Crippen molar-refractivity contribution in [2.75, 3.05) is 18.1 Å². The summed E-state index contributed by atoms with van der Waals surface area (Å²) in [7, 11) is 0. The largest absolute Gasteiger partial charge is 0.481 e. The standard InChI is InChI=1S/C91H119N21O28S2/c1-43(2)30-59(105-87(135)63(34-52-39-95-56-25-17-15-23-54(52)56)108-86(134)61(32-50-20-12-9-13-21-50)106-90(138)68(42-142)111-75(123)44(3)92)84(132)109-65(36-73(119)120)79(127)96-40-70(114)101-57(26-28-71(115)116)80(128)97-46(5)77(125)103-60(31-49-18-10-8-11-19-49)85(133)110-66(37-74(121)122)88(136)107-62(33-51-38-94-55-24-16-14-22-53(51)55)82(130)98-47(6)78(126)104-64(35-69(93)113)83(131)99-45(4)76(124)102-58(27-29-72(117)118)81(129)112-67(41-141)89(137)100-48(7)91(139)140/h8-25,38-39,43-48,57-68,94-95,141-142H,26-37,40-42,92H2,1-7H3,(H2,93,113)(H,96,127)(H,97,128)(H,98,130)(H,99,131)(H,100,137)(H,101,114)(H,102,124)(H,103,125)(H,104,126)(H,105,135)(H,106,138)(H,107,136)(H,108,134)(H,109,132)(H,110,133)(H,111,123)(H,112,129)(H,115,116)(H,117,118)(H,119,120)(H,121,122)(H,139,140)/t44-,45-,46-,47-,48-,57-,58-,59-,60-,61-,62-,63-,64-,65-,66-,67-,68-/m0/s1. The molecule has 49 nitrogen and oxygen atoms in total. The number of nitrogens with one attached hydrogen (secondary N) is 19. The number of para-hydroxylation sites is 2. The van der Waals surface area contributed by atoms with Crippen LogP contribution in [0.5, 0.6) is 0 Å². The van der Waals surface area contributed by atoms with Gasteiger partial charge in [-0.1, -0.05) is 111 Å². The van der Waals surface area contributed by atoms with Crippen molar-refractivity contribution in [2.45, 2.75) is 228 Å². The Labute approximate surface area is 822 Å². The molecule has 0 unspecified atom stereocenters. The number of rotatable bonds is 59. The van der Waals surface area contributed by atoms with Crippen molar-refractivity contribution in [3.8, 4) is 0 Å². The maximum absolute atomic E-state index is 14.9. The van der Waals surface area contributed by atoms with Crippen molar-refractivity contribution in [3.05, 3.63) is 144 Å². The van der Waals surface area contributed by atoms with Gasteiger partial charge >= 0.3 is 29.8 Å². The first-order valence-corrected chi connectivity index (χ1v) is 46.0. The van der Waals surface area contributed by atoms with Crippen molar-refractivity contribution in [3.63, 3.8) is 0 Å². The minimum absolute atomic E-state index is 0.145. The first-order chi connectivity index (χ1) is 67.0. The van der Waals surface area contributed by atoms with Gasteiger partial charge in [0.05, 0.1) is 31.8 Å². The molecular weight excluding hydrogens is 1900 g/mol. The third-order valence-corrected chi connectivity index (χ3v) is 22.5. The zero-order valence-corrected chi connectivity index (χ0v) is 80.0. The molecule has 0 saturated carbocycles. The van der Waals surface area contributed by atoms with Crippen LogP contribution in [0.15, 0.2) is 122 Å².